The lowest BCUT2D eigenvalue weighted by Gasteiger charge is -2.19. The van der Waals surface area contributed by atoms with Crippen LogP contribution in [0.2, 0.25) is 0 Å². The van der Waals surface area contributed by atoms with Gasteiger partial charge in [0.25, 0.3) is 0 Å². The highest BCUT2D eigenvalue weighted by Crippen LogP contribution is 2.32. The predicted molar refractivity (Wildman–Crippen MR) is 109 cm³/mol. The number of nitrogens with two attached hydrogens (primary N) is 1. The van der Waals surface area contributed by atoms with Gasteiger partial charge in [0.15, 0.2) is 5.82 Å². The second-order valence-corrected chi connectivity index (χ2v) is 9.72. The van der Waals surface area contributed by atoms with E-state index in [9.17, 15) is 13.2 Å². The summed E-state index contributed by atoms with van der Waals surface area (Å²) in [7, 11) is -3.58. The number of aromatic nitrogens is 3. The van der Waals surface area contributed by atoms with E-state index >= 15 is 0 Å². The van der Waals surface area contributed by atoms with E-state index in [0.717, 1.165) is 19.3 Å². The van der Waals surface area contributed by atoms with Crippen molar-refractivity contribution in [1.82, 2.24) is 19.2 Å². The third kappa shape index (κ3) is 4.08. The van der Waals surface area contributed by atoms with Crippen molar-refractivity contribution in [2.45, 2.75) is 54.8 Å². The molecule has 1 fully saturated rings. The molecule has 1 aliphatic rings. The molecule has 152 valence electrons. The van der Waals surface area contributed by atoms with Crippen LogP contribution in [0.5, 0.6) is 0 Å². The molecule has 1 aromatic carbocycles. The van der Waals surface area contributed by atoms with Crippen LogP contribution in [0.4, 0.5) is 0 Å². The monoisotopic (exact) mass is 423 g/mol. The van der Waals surface area contributed by atoms with Crippen LogP contribution < -0.4 is 5.84 Å². The molecule has 0 saturated heterocycles. The average Bonchev–Trinajstić information content (AvgIpc) is 3.05. The van der Waals surface area contributed by atoms with E-state index in [1.807, 2.05) is 0 Å². The largest absolute Gasteiger partial charge is 0.335 e. The Balaban J connectivity index is 1.89. The molecule has 1 atom stereocenters. The molecular weight excluding hydrogens is 398 g/mol. The Morgan fingerprint density at radius 3 is 2.68 bits per heavy atom. The van der Waals surface area contributed by atoms with Crippen molar-refractivity contribution in [1.29, 1.82) is 0 Å². The van der Waals surface area contributed by atoms with E-state index in [-0.39, 0.29) is 15.9 Å². The van der Waals surface area contributed by atoms with Gasteiger partial charge in [0, 0.05) is 25.1 Å². The van der Waals surface area contributed by atoms with Crippen LogP contribution in [0.3, 0.4) is 0 Å². The number of hydrogen-bond acceptors (Lipinski definition) is 7. The lowest BCUT2D eigenvalue weighted by molar-refractivity contribution is -0.119. The first-order chi connectivity index (χ1) is 13.4. The van der Waals surface area contributed by atoms with Crippen molar-refractivity contribution < 1.29 is 13.2 Å². The summed E-state index contributed by atoms with van der Waals surface area (Å²) in [5, 5.41) is 8.55. The maximum Gasteiger partial charge on any atom is 0.243 e. The number of nitrogens with zero attached hydrogens (tertiary/aromatic N) is 4. The fourth-order valence-corrected chi connectivity index (χ4v) is 5.85. The molecule has 1 aromatic heterocycles. The second kappa shape index (κ2) is 8.62. The van der Waals surface area contributed by atoms with Gasteiger partial charge in [-0.3, -0.25) is 4.79 Å². The van der Waals surface area contributed by atoms with Gasteiger partial charge >= 0.3 is 0 Å². The second-order valence-electron chi connectivity index (χ2n) is 6.61. The summed E-state index contributed by atoms with van der Waals surface area (Å²) < 4.78 is 28.3. The van der Waals surface area contributed by atoms with E-state index in [0.29, 0.717) is 36.1 Å². The molecule has 0 aliphatic heterocycles. The molecule has 2 N–H and O–H groups in total. The molecule has 28 heavy (non-hydrogen) atoms. The number of nitrogen functional groups attached to an aromatic ring is 1. The minimum atomic E-state index is -3.58. The van der Waals surface area contributed by atoms with E-state index in [2.05, 4.69) is 10.2 Å². The quantitative estimate of drug-likeness (QED) is 0.680. The Kier molecular flexibility index (Phi) is 6.41. The highest BCUT2D eigenvalue weighted by atomic mass is 32.2. The van der Waals surface area contributed by atoms with Crippen LogP contribution in [0.15, 0.2) is 34.3 Å². The van der Waals surface area contributed by atoms with Gasteiger partial charge in [-0.2, -0.15) is 4.31 Å². The van der Waals surface area contributed by atoms with E-state index < -0.39 is 10.0 Å². The summed E-state index contributed by atoms with van der Waals surface area (Å²) in [5.41, 5.74) is 0.560. The summed E-state index contributed by atoms with van der Waals surface area (Å²) in [4.78, 5) is 12.3. The molecule has 0 unspecified atom stereocenters. The van der Waals surface area contributed by atoms with Gasteiger partial charge in [-0.25, -0.2) is 13.1 Å². The lowest BCUT2D eigenvalue weighted by atomic mass is 9.99. The van der Waals surface area contributed by atoms with Gasteiger partial charge < -0.3 is 5.84 Å². The third-order valence-electron chi connectivity index (χ3n) is 4.85. The Bertz CT molecular complexity index is 954. The van der Waals surface area contributed by atoms with E-state index in [1.54, 1.807) is 38.1 Å². The molecule has 0 bridgehead atoms. The number of benzene rings is 1. The highest BCUT2D eigenvalue weighted by molar-refractivity contribution is 8.00. The Morgan fingerprint density at radius 1 is 1.25 bits per heavy atom. The summed E-state index contributed by atoms with van der Waals surface area (Å²) in [5.74, 6) is 6.75. The van der Waals surface area contributed by atoms with Crippen LogP contribution in [0.25, 0.3) is 11.4 Å². The zero-order valence-corrected chi connectivity index (χ0v) is 17.7. The number of sulfonamides is 1. The summed E-state index contributed by atoms with van der Waals surface area (Å²) >= 11 is 1.32. The normalized spacial score (nSPS) is 18.0. The summed E-state index contributed by atoms with van der Waals surface area (Å²) in [6, 6.07) is 6.53. The van der Waals surface area contributed by atoms with Crippen molar-refractivity contribution in [2.75, 3.05) is 18.9 Å². The van der Waals surface area contributed by atoms with Gasteiger partial charge in [0.2, 0.25) is 15.2 Å². The molecule has 1 aliphatic carbocycles. The van der Waals surface area contributed by atoms with Crippen LogP contribution in [0, 0.1) is 0 Å². The molecule has 3 rings (SSSR count). The number of ketones is 1. The standard InChI is InChI=1S/C18H25N5O3S2/c1-3-22(4-2)28(25,26)14-9-7-8-13(12-14)17-20-21-18(23(17)19)27-16-11-6-5-10-15(16)24/h7-9,12,16H,3-6,10-11,19H2,1-2H3/t16-/m1/s1. The van der Waals surface area contributed by atoms with Gasteiger partial charge in [-0.1, -0.05) is 44.2 Å². The van der Waals surface area contributed by atoms with Gasteiger partial charge in [0.05, 0.1) is 10.1 Å². The smallest absolute Gasteiger partial charge is 0.243 e. The third-order valence-corrected chi connectivity index (χ3v) is 8.16. The van der Waals surface area contributed by atoms with Crippen molar-refractivity contribution >= 4 is 27.6 Å². The van der Waals surface area contributed by atoms with Crippen LogP contribution in [0.1, 0.15) is 39.5 Å². The van der Waals surface area contributed by atoms with Crippen LogP contribution in [-0.4, -0.2) is 51.7 Å². The molecule has 0 radical (unpaired) electrons. The van der Waals surface area contributed by atoms with Crippen molar-refractivity contribution in [3.05, 3.63) is 24.3 Å². The molecule has 1 saturated carbocycles. The van der Waals surface area contributed by atoms with E-state index in [4.69, 9.17) is 5.84 Å². The fraction of sp³-hybridized carbons (Fsp3) is 0.500. The Hall–Kier alpha value is -1.91. The molecule has 2 aromatic rings. The van der Waals surface area contributed by atoms with Crippen molar-refractivity contribution in [2.24, 2.45) is 0 Å². The molecule has 8 nitrogen and oxygen atoms in total. The number of hydrogen-bond donors (Lipinski definition) is 1. The minimum absolute atomic E-state index is 0.150. The van der Waals surface area contributed by atoms with E-state index in [1.165, 1.54) is 20.7 Å². The average molecular weight is 424 g/mol. The fourth-order valence-electron chi connectivity index (χ4n) is 3.27. The van der Waals surface area contributed by atoms with Crippen molar-refractivity contribution in [3.8, 4) is 11.4 Å². The highest BCUT2D eigenvalue weighted by Gasteiger charge is 2.27. The first-order valence-corrected chi connectivity index (χ1v) is 11.7. The van der Waals surface area contributed by atoms with Crippen LogP contribution in [-0.2, 0) is 14.8 Å². The zero-order chi connectivity index (χ0) is 20.3. The summed E-state index contributed by atoms with van der Waals surface area (Å²) in [6.45, 7) is 4.40. The molecule has 0 amide bonds. The molecule has 0 spiro atoms. The van der Waals surface area contributed by atoms with Crippen LogP contribution >= 0.6 is 11.8 Å². The zero-order valence-electron chi connectivity index (χ0n) is 16.0. The summed E-state index contributed by atoms with van der Waals surface area (Å²) in [6.07, 6.45) is 3.35. The van der Waals surface area contributed by atoms with Gasteiger partial charge in [-0.15, -0.1) is 10.2 Å². The SMILES string of the molecule is CCN(CC)S(=O)(=O)c1cccc(-c2nnc(S[C@@H]3CCCCC3=O)n2N)c1. The van der Waals surface area contributed by atoms with Gasteiger partial charge in [0.1, 0.15) is 5.78 Å². The maximum absolute atomic E-state index is 12.8. The van der Waals surface area contributed by atoms with Crippen molar-refractivity contribution in [3.63, 3.8) is 0 Å². The van der Waals surface area contributed by atoms with Gasteiger partial charge in [-0.05, 0) is 25.0 Å². The maximum atomic E-state index is 12.8. The molecule has 10 heteroatoms. The molecule has 1 heterocycles. The predicted octanol–water partition coefficient (Wildman–Crippen LogP) is 2.29. The number of Topliss-reactive ketones (excluding diaryl/α,β-unsaturated/α-hetero) is 1. The molecular formula is C18H25N5O3S2. The topological polar surface area (TPSA) is 111 Å². The number of thioether (sulfide) groups is 1. The lowest BCUT2D eigenvalue weighted by Crippen LogP contribution is -2.30. The number of carbonyl (C=O) groups is 1. The number of carbonyl (C=O) groups excluding carboxylic acids is 1. The Morgan fingerprint density at radius 2 is 2.00 bits per heavy atom. The number of rotatable bonds is 7. The Labute approximate surface area is 169 Å². The first kappa shape index (κ1) is 20.8. The first-order valence-electron chi connectivity index (χ1n) is 9.39. The minimum Gasteiger partial charge on any atom is -0.335 e.